The summed E-state index contributed by atoms with van der Waals surface area (Å²) in [6.07, 6.45) is 0. The molecule has 0 spiro atoms. The van der Waals surface area contributed by atoms with E-state index in [4.69, 9.17) is 4.42 Å². The summed E-state index contributed by atoms with van der Waals surface area (Å²) in [4.78, 5) is 12.3. The van der Waals surface area contributed by atoms with Gasteiger partial charge in [0.15, 0.2) is 5.76 Å². The van der Waals surface area contributed by atoms with Gasteiger partial charge in [0.25, 0.3) is 0 Å². The summed E-state index contributed by atoms with van der Waals surface area (Å²) in [7, 11) is 0. The Labute approximate surface area is 127 Å². The molecule has 0 amide bonds. The van der Waals surface area contributed by atoms with Crippen molar-refractivity contribution in [2.45, 2.75) is 6.92 Å². The number of ketones is 1. The van der Waals surface area contributed by atoms with Gasteiger partial charge in [0.05, 0.1) is 0 Å². The SMILES string of the molecule is Cc1cc(Br)cc2cc(C(=O)c3cc(F)cc(F)c3)oc12. The van der Waals surface area contributed by atoms with Crippen LogP contribution in [0.3, 0.4) is 0 Å². The van der Waals surface area contributed by atoms with Crippen molar-refractivity contribution in [2.75, 3.05) is 0 Å². The molecule has 3 rings (SSSR count). The standard InChI is InChI=1S/C16H9BrF2O2/c1-8-2-11(17)3-10-6-14(21-16(8)10)15(20)9-4-12(18)7-13(19)5-9/h2-7H,1H3. The third-order valence-electron chi connectivity index (χ3n) is 3.12. The monoisotopic (exact) mass is 350 g/mol. The van der Waals surface area contributed by atoms with E-state index in [2.05, 4.69) is 15.9 Å². The lowest BCUT2D eigenvalue weighted by atomic mass is 10.1. The van der Waals surface area contributed by atoms with Crippen LogP contribution in [0.25, 0.3) is 11.0 Å². The Hall–Kier alpha value is -2.01. The Bertz CT molecular complexity index is 848. The summed E-state index contributed by atoms with van der Waals surface area (Å²) in [5.74, 6) is -2.10. The molecule has 1 heterocycles. The largest absolute Gasteiger partial charge is 0.452 e. The molecule has 1 aromatic heterocycles. The molecule has 0 aliphatic carbocycles. The van der Waals surface area contributed by atoms with Crippen molar-refractivity contribution < 1.29 is 18.0 Å². The topological polar surface area (TPSA) is 30.2 Å². The van der Waals surface area contributed by atoms with Gasteiger partial charge in [-0.2, -0.15) is 0 Å². The second kappa shape index (κ2) is 5.07. The molecule has 2 nitrogen and oxygen atoms in total. The number of furan rings is 1. The first kappa shape index (κ1) is 13.9. The van der Waals surface area contributed by atoms with Crippen molar-refractivity contribution in [2.24, 2.45) is 0 Å². The Morgan fingerprint density at radius 1 is 1.05 bits per heavy atom. The van der Waals surface area contributed by atoms with E-state index in [1.54, 1.807) is 6.07 Å². The summed E-state index contributed by atoms with van der Waals surface area (Å²) < 4.78 is 32.8. The first-order valence-electron chi connectivity index (χ1n) is 6.14. The highest BCUT2D eigenvalue weighted by Crippen LogP contribution is 2.28. The minimum absolute atomic E-state index is 0.0520. The maximum atomic E-state index is 13.2. The summed E-state index contributed by atoms with van der Waals surface area (Å²) in [6, 6.07) is 7.94. The molecule has 106 valence electrons. The quantitative estimate of drug-likeness (QED) is 0.608. The van der Waals surface area contributed by atoms with Crippen LogP contribution in [-0.2, 0) is 0 Å². The molecule has 0 N–H and O–H groups in total. The van der Waals surface area contributed by atoms with Gasteiger partial charge in [0.2, 0.25) is 5.78 Å². The van der Waals surface area contributed by atoms with Gasteiger partial charge in [0.1, 0.15) is 17.2 Å². The summed E-state index contributed by atoms with van der Waals surface area (Å²) in [5, 5.41) is 0.752. The minimum Gasteiger partial charge on any atom is -0.452 e. The van der Waals surface area contributed by atoms with Crippen molar-refractivity contribution in [3.63, 3.8) is 0 Å². The van der Waals surface area contributed by atoms with Gasteiger partial charge in [-0.05, 0) is 42.8 Å². The lowest BCUT2D eigenvalue weighted by molar-refractivity contribution is 0.101. The fraction of sp³-hybridized carbons (Fsp3) is 0.0625. The number of aryl methyl sites for hydroxylation is 1. The van der Waals surface area contributed by atoms with Gasteiger partial charge in [-0.1, -0.05) is 15.9 Å². The fourth-order valence-electron chi connectivity index (χ4n) is 2.22. The number of halogens is 3. The van der Waals surface area contributed by atoms with E-state index in [9.17, 15) is 13.6 Å². The van der Waals surface area contributed by atoms with Crippen molar-refractivity contribution in [1.29, 1.82) is 0 Å². The Morgan fingerprint density at radius 2 is 1.71 bits per heavy atom. The Balaban J connectivity index is 2.11. The van der Waals surface area contributed by atoms with Crippen molar-refractivity contribution in [1.82, 2.24) is 0 Å². The molecule has 0 aliphatic heterocycles. The smallest absolute Gasteiger partial charge is 0.228 e. The van der Waals surface area contributed by atoms with Crippen molar-refractivity contribution in [3.8, 4) is 0 Å². The van der Waals surface area contributed by atoms with E-state index in [-0.39, 0.29) is 11.3 Å². The molecular formula is C16H9BrF2O2. The number of benzene rings is 2. The van der Waals surface area contributed by atoms with Gasteiger partial charge in [-0.15, -0.1) is 0 Å². The van der Waals surface area contributed by atoms with Gasteiger partial charge < -0.3 is 4.42 Å². The zero-order valence-corrected chi connectivity index (χ0v) is 12.5. The Kier molecular flexibility index (Phi) is 3.37. The molecule has 3 aromatic rings. The van der Waals surface area contributed by atoms with Gasteiger partial charge >= 0.3 is 0 Å². The van der Waals surface area contributed by atoms with Crippen LogP contribution in [-0.4, -0.2) is 5.78 Å². The summed E-state index contributed by atoms with van der Waals surface area (Å²) >= 11 is 3.37. The van der Waals surface area contributed by atoms with Gasteiger partial charge in [-0.3, -0.25) is 4.79 Å². The molecular weight excluding hydrogens is 342 g/mol. The van der Waals surface area contributed by atoms with E-state index >= 15 is 0 Å². The number of rotatable bonds is 2. The lowest BCUT2D eigenvalue weighted by Crippen LogP contribution is -2.01. The average molecular weight is 351 g/mol. The highest BCUT2D eigenvalue weighted by molar-refractivity contribution is 9.10. The van der Waals surface area contributed by atoms with Crippen molar-refractivity contribution >= 4 is 32.7 Å². The fourth-order valence-corrected chi connectivity index (χ4v) is 2.81. The molecule has 0 bridgehead atoms. The third kappa shape index (κ3) is 2.61. The normalized spacial score (nSPS) is 11.0. The van der Waals surface area contributed by atoms with Crippen LogP contribution >= 0.6 is 15.9 Å². The molecule has 0 atom stereocenters. The summed E-state index contributed by atoms with van der Waals surface area (Å²) in [5.41, 5.74) is 1.37. The molecule has 0 aliphatic rings. The lowest BCUT2D eigenvalue weighted by Gasteiger charge is -1.99. The zero-order chi connectivity index (χ0) is 15.1. The van der Waals surface area contributed by atoms with Crippen LogP contribution in [0.5, 0.6) is 0 Å². The zero-order valence-electron chi connectivity index (χ0n) is 10.9. The highest BCUT2D eigenvalue weighted by Gasteiger charge is 2.17. The van der Waals surface area contributed by atoms with E-state index in [0.29, 0.717) is 5.58 Å². The van der Waals surface area contributed by atoms with Crippen LogP contribution in [0, 0.1) is 18.6 Å². The van der Waals surface area contributed by atoms with Crippen LogP contribution < -0.4 is 0 Å². The van der Waals surface area contributed by atoms with E-state index in [0.717, 1.165) is 33.6 Å². The predicted molar refractivity (Wildman–Crippen MR) is 78.4 cm³/mol. The summed E-state index contributed by atoms with van der Waals surface area (Å²) in [6.45, 7) is 1.85. The highest BCUT2D eigenvalue weighted by atomic mass is 79.9. The maximum absolute atomic E-state index is 13.2. The van der Waals surface area contributed by atoms with Crippen LogP contribution in [0.2, 0.25) is 0 Å². The van der Waals surface area contributed by atoms with E-state index in [1.165, 1.54) is 0 Å². The van der Waals surface area contributed by atoms with Gasteiger partial charge in [0, 0.05) is 21.5 Å². The second-order valence-electron chi connectivity index (χ2n) is 4.74. The molecule has 0 unspecified atom stereocenters. The first-order valence-corrected chi connectivity index (χ1v) is 6.94. The van der Waals surface area contributed by atoms with E-state index in [1.807, 2.05) is 19.1 Å². The molecule has 0 saturated heterocycles. The predicted octanol–water partition coefficient (Wildman–Crippen LogP) is 5.01. The average Bonchev–Trinajstić information content (AvgIpc) is 2.80. The second-order valence-corrected chi connectivity index (χ2v) is 5.65. The van der Waals surface area contributed by atoms with Crippen LogP contribution in [0.1, 0.15) is 21.7 Å². The number of carbonyl (C=O) groups excluding carboxylic acids is 1. The maximum Gasteiger partial charge on any atom is 0.228 e. The van der Waals surface area contributed by atoms with Crippen LogP contribution in [0.15, 0.2) is 45.3 Å². The minimum atomic E-state index is -0.798. The number of carbonyl (C=O) groups is 1. The third-order valence-corrected chi connectivity index (χ3v) is 3.57. The first-order chi connectivity index (χ1) is 9.94. The number of fused-ring (bicyclic) bond motifs is 1. The number of hydrogen-bond acceptors (Lipinski definition) is 2. The van der Waals surface area contributed by atoms with Crippen LogP contribution in [0.4, 0.5) is 8.78 Å². The number of hydrogen-bond donors (Lipinski definition) is 0. The van der Waals surface area contributed by atoms with Gasteiger partial charge in [-0.25, -0.2) is 8.78 Å². The molecule has 21 heavy (non-hydrogen) atoms. The molecule has 0 radical (unpaired) electrons. The molecule has 0 saturated carbocycles. The van der Waals surface area contributed by atoms with E-state index < -0.39 is 17.4 Å². The van der Waals surface area contributed by atoms with Crippen molar-refractivity contribution in [3.05, 3.63) is 69.4 Å². The molecule has 5 heteroatoms. The Morgan fingerprint density at radius 3 is 2.38 bits per heavy atom. The molecule has 2 aromatic carbocycles. The molecule has 0 fully saturated rings.